The van der Waals surface area contributed by atoms with Crippen molar-refractivity contribution in [2.75, 3.05) is 5.32 Å². The van der Waals surface area contributed by atoms with E-state index in [1.54, 1.807) is 10.9 Å². The number of rotatable bonds is 6. The standard InChI is InChI=1S/C23H22F2N6O/c1-13-8-20(19-6-7-22(21(11-32)28-19)31-10-14(2)26-12-31)29-30-23(13)27-15(3)16-4-5-17(24)18(25)9-16/h4-10,12,15,32H,11H2,1-3H3,(H,27,30)/t15-/m0/s1. The molecule has 1 aromatic carbocycles. The lowest BCUT2D eigenvalue weighted by Crippen LogP contribution is -2.11. The van der Waals surface area contributed by atoms with Crippen molar-refractivity contribution in [1.82, 2.24) is 24.7 Å². The summed E-state index contributed by atoms with van der Waals surface area (Å²) in [5, 5.41) is 21.5. The van der Waals surface area contributed by atoms with Gasteiger partial charge in [-0.3, -0.25) is 0 Å². The molecule has 4 aromatic rings. The SMILES string of the molecule is Cc1cn(-c2ccc(-c3cc(C)c(N[C@@H](C)c4ccc(F)c(F)c4)nn3)nc2CO)cn1. The second-order valence-electron chi connectivity index (χ2n) is 7.54. The summed E-state index contributed by atoms with van der Waals surface area (Å²) in [5.74, 6) is -1.25. The van der Waals surface area contributed by atoms with Gasteiger partial charge in [-0.25, -0.2) is 18.7 Å². The van der Waals surface area contributed by atoms with Gasteiger partial charge in [-0.15, -0.1) is 10.2 Å². The normalized spacial score (nSPS) is 12.1. The van der Waals surface area contributed by atoms with Crippen LogP contribution < -0.4 is 5.32 Å². The van der Waals surface area contributed by atoms with Crippen molar-refractivity contribution in [3.63, 3.8) is 0 Å². The Morgan fingerprint density at radius 2 is 1.84 bits per heavy atom. The van der Waals surface area contributed by atoms with Crippen LogP contribution in [0, 0.1) is 25.5 Å². The third-order valence-corrected chi connectivity index (χ3v) is 5.13. The second kappa shape index (κ2) is 8.80. The Hall–Kier alpha value is -3.72. The third kappa shape index (κ3) is 4.33. The molecule has 0 fully saturated rings. The maximum absolute atomic E-state index is 13.5. The fourth-order valence-electron chi connectivity index (χ4n) is 3.36. The van der Waals surface area contributed by atoms with Crippen molar-refractivity contribution in [1.29, 1.82) is 0 Å². The smallest absolute Gasteiger partial charge is 0.159 e. The molecule has 0 bridgehead atoms. The maximum atomic E-state index is 13.5. The number of aliphatic hydroxyl groups excluding tert-OH is 1. The van der Waals surface area contributed by atoms with Crippen molar-refractivity contribution >= 4 is 5.82 Å². The highest BCUT2D eigenvalue weighted by Crippen LogP contribution is 2.25. The molecule has 9 heteroatoms. The van der Waals surface area contributed by atoms with Crippen LogP contribution in [-0.2, 0) is 6.61 Å². The minimum absolute atomic E-state index is 0.238. The molecule has 0 aliphatic carbocycles. The maximum Gasteiger partial charge on any atom is 0.159 e. The number of hydrogen-bond acceptors (Lipinski definition) is 6. The highest BCUT2D eigenvalue weighted by atomic mass is 19.2. The molecule has 3 aromatic heterocycles. The number of aromatic nitrogens is 5. The van der Waals surface area contributed by atoms with Gasteiger partial charge in [0.2, 0.25) is 0 Å². The van der Waals surface area contributed by atoms with Gasteiger partial charge in [-0.05, 0) is 62.2 Å². The molecule has 32 heavy (non-hydrogen) atoms. The molecule has 164 valence electrons. The molecule has 4 rings (SSSR count). The van der Waals surface area contributed by atoms with Gasteiger partial charge in [-0.2, -0.15) is 0 Å². The minimum Gasteiger partial charge on any atom is -0.390 e. The monoisotopic (exact) mass is 436 g/mol. The number of nitrogens with zero attached hydrogens (tertiary/aromatic N) is 5. The molecule has 0 saturated heterocycles. The van der Waals surface area contributed by atoms with E-state index >= 15 is 0 Å². The number of anilines is 1. The van der Waals surface area contributed by atoms with Crippen LogP contribution >= 0.6 is 0 Å². The van der Waals surface area contributed by atoms with Gasteiger partial charge in [0.05, 0.1) is 41.7 Å². The van der Waals surface area contributed by atoms with E-state index in [9.17, 15) is 13.9 Å². The molecule has 3 heterocycles. The molecule has 0 amide bonds. The molecular weight excluding hydrogens is 414 g/mol. The summed E-state index contributed by atoms with van der Waals surface area (Å²) in [5.41, 5.74) is 4.62. The van der Waals surface area contributed by atoms with Crippen LogP contribution in [0.15, 0.2) is 48.9 Å². The molecule has 0 aliphatic heterocycles. The Bertz CT molecular complexity index is 1270. The highest BCUT2D eigenvalue weighted by Gasteiger charge is 2.14. The lowest BCUT2D eigenvalue weighted by molar-refractivity contribution is 0.276. The van der Waals surface area contributed by atoms with Crippen LogP contribution in [0.5, 0.6) is 0 Å². The van der Waals surface area contributed by atoms with Crippen molar-refractivity contribution in [2.24, 2.45) is 0 Å². The molecule has 1 atom stereocenters. The molecular formula is C23H22F2N6O. The number of hydrogen-bond donors (Lipinski definition) is 2. The predicted octanol–water partition coefficient (Wildman–Crippen LogP) is 4.28. The minimum atomic E-state index is -0.894. The first kappa shape index (κ1) is 21.5. The van der Waals surface area contributed by atoms with Crippen molar-refractivity contribution < 1.29 is 13.9 Å². The van der Waals surface area contributed by atoms with Crippen LogP contribution in [0.1, 0.15) is 35.5 Å². The van der Waals surface area contributed by atoms with E-state index < -0.39 is 11.6 Å². The highest BCUT2D eigenvalue weighted by molar-refractivity contribution is 5.60. The Labute approximate surface area is 183 Å². The summed E-state index contributed by atoms with van der Waals surface area (Å²) >= 11 is 0. The third-order valence-electron chi connectivity index (χ3n) is 5.13. The summed E-state index contributed by atoms with van der Waals surface area (Å²) in [6, 6.07) is 8.97. The predicted molar refractivity (Wildman–Crippen MR) is 116 cm³/mol. The molecule has 0 aliphatic rings. The lowest BCUT2D eigenvalue weighted by atomic mass is 10.1. The first-order chi connectivity index (χ1) is 15.4. The largest absolute Gasteiger partial charge is 0.390 e. The van der Waals surface area contributed by atoms with Crippen LogP contribution in [0.4, 0.5) is 14.6 Å². The molecule has 0 unspecified atom stereocenters. The Balaban J connectivity index is 1.58. The van der Waals surface area contributed by atoms with Gasteiger partial charge in [0.1, 0.15) is 5.69 Å². The summed E-state index contributed by atoms with van der Waals surface area (Å²) in [7, 11) is 0. The lowest BCUT2D eigenvalue weighted by Gasteiger charge is -2.17. The zero-order valence-corrected chi connectivity index (χ0v) is 17.8. The first-order valence-electron chi connectivity index (χ1n) is 10.0. The number of aryl methyl sites for hydroxylation is 2. The molecule has 0 radical (unpaired) electrons. The first-order valence-corrected chi connectivity index (χ1v) is 10.0. The summed E-state index contributed by atoms with van der Waals surface area (Å²) in [6.45, 7) is 5.35. The van der Waals surface area contributed by atoms with E-state index in [0.717, 1.165) is 29.1 Å². The number of pyridine rings is 1. The summed E-state index contributed by atoms with van der Waals surface area (Å²) in [6.07, 6.45) is 3.53. The zero-order valence-electron chi connectivity index (χ0n) is 17.8. The average Bonchev–Trinajstić information content (AvgIpc) is 3.22. The van der Waals surface area contributed by atoms with E-state index in [4.69, 9.17) is 0 Å². The summed E-state index contributed by atoms with van der Waals surface area (Å²) < 4.78 is 28.5. The number of imidazole rings is 1. The molecule has 0 spiro atoms. The average molecular weight is 436 g/mol. The van der Waals surface area contributed by atoms with Gasteiger partial charge < -0.3 is 15.0 Å². The Kier molecular flexibility index (Phi) is 5.91. The van der Waals surface area contributed by atoms with Gasteiger partial charge in [0.15, 0.2) is 17.5 Å². The van der Waals surface area contributed by atoms with Crippen molar-refractivity contribution in [2.45, 2.75) is 33.4 Å². The van der Waals surface area contributed by atoms with Crippen LogP contribution in [0.25, 0.3) is 17.1 Å². The van der Waals surface area contributed by atoms with Crippen molar-refractivity contribution in [3.05, 3.63) is 83.1 Å². The number of halogens is 2. The number of aliphatic hydroxyl groups is 1. The molecule has 0 saturated carbocycles. The molecule has 7 nitrogen and oxygen atoms in total. The second-order valence-corrected chi connectivity index (χ2v) is 7.54. The molecule has 2 N–H and O–H groups in total. The van der Waals surface area contributed by atoms with Gasteiger partial charge in [-0.1, -0.05) is 6.07 Å². The van der Waals surface area contributed by atoms with Gasteiger partial charge >= 0.3 is 0 Å². The Morgan fingerprint density at radius 3 is 2.50 bits per heavy atom. The van der Waals surface area contributed by atoms with Crippen molar-refractivity contribution in [3.8, 4) is 17.1 Å². The number of benzene rings is 1. The van der Waals surface area contributed by atoms with E-state index in [1.807, 2.05) is 45.2 Å². The van der Waals surface area contributed by atoms with Crippen LogP contribution in [0.2, 0.25) is 0 Å². The quantitative estimate of drug-likeness (QED) is 0.469. The number of nitrogens with one attached hydrogen (secondary N) is 1. The van der Waals surface area contributed by atoms with Crippen LogP contribution in [0.3, 0.4) is 0 Å². The van der Waals surface area contributed by atoms with Gasteiger partial charge in [0, 0.05) is 6.20 Å². The Morgan fingerprint density at radius 1 is 1.03 bits per heavy atom. The zero-order chi connectivity index (χ0) is 22.8. The van der Waals surface area contributed by atoms with E-state index in [1.165, 1.54) is 6.07 Å². The fourth-order valence-corrected chi connectivity index (χ4v) is 3.36. The van der Waals surface area contributed by atoms with E-state index in [-0.39, 0.29) is 12.6 Å². The van der Waals surface area contributed by atoms with E-state index in [2.05, 4.69) is 25.5 Å². The summed E-state index contributed by atoms with van der Waals surface area (Å²) in [4.78, 5) is 8.76. The van der Waals surface area contributed by atoms with E-state index in [0.29, 0.717) is 28.5 Å². The van der Waals surface area contributed by atoms with Gasteiger partial charge in [0.25, 0.3) is 0 Å². The van der Waals surface area contributed by atoms with Crippen LogP contribution in [-0.4, -0.2) is 29.8 Å². The topological polar surface area (TPSA) is 88.8 Å². The fraction of sp³-hybridized carbons (Fsp3) is 0.217.